The van der Waals surface area contributed by atoms with E-state index in [-0.39, 0.29) is 18.7 Å². The van der Waals surface area contributed by atoms with Crippen LogP contribution in [0.1, 0.15) is 0 Å². The summed E-state index contributed by atoms with van der Waals surface area (Å²) in [7, 11) is 0. The summed E-state index contributed by atoms with van der Waals surface area (Å²) in [6.45, 7) is -0.0488. The Bertz CT molecular complexity index is 54.0. The summed E-state index contributed by atoms with van der Waals surface area (Å²) in [5.41, 5.74) is 10.7. The smallest absolute Gasteiger partial charge is 0.0598 e. The predicted molar refractivity (Wildman–Crippen MR) is 36.8 cm³/mol. The molecule has 0 aromatic carbocycles. The van der Waals surface area contributed by atoms with E-state index in [0.29, 0.717) is 5.33 Å². The van der Waals surface area contributed by atoms with Crippen LogP contribution in [0, 0.1) is 0 Å². The van der Waals surface area contributed by atoms with Crippen molar-refractivity contribution < 1.29 is 5.11 Å². The quantitative estimate of drug-likeness (QED) is 0.493. The van der Waals surface area contributed by atoms with Crippen LogP contribution in [0.15, 0.2) is 0 Å². The van der Waals surface area contributed by atoms with E-state index in [4.69, 9.17) is 16.6 Å². The van der Waals surface area contributed by atoms with Crippen molar-refractivity contribution in [2.45, 2.75) is 12.1 Å². The normalized spacial score (nSPS) is 18.0. The highest BCUT2D eigenvalue weighted by Gasteiger charge is 2.08. The third-order valence-corrected chi connectivity index (χ3v) is 1.69. The number of halogens is 1. The van der Waals surface area contributed by atoms with Crippen LogP contribution in [0.2, 0.25) is 0 Å². The lowest BCUT2D eigenvalue weighted by atomic mass is 10.2. The Balaban J connectivity index is 3.29. The summed E-state index contributed by atoms with van der Waals surface area (Å²) < 4.78 is 0. The van der Waals surface area contributed by atoms with Gasteiger partial charge in [0.1, 0.15) is 0 Å². The molecule has 0 rings (SSSR count). The van der Waals surface area contributed by atoms with Crippen molar-refractivity contribution in [3.63, 3.8) is 0 Å². The molecule has 0 bridgehead atoms. The minimum Gasteiger partial charge on any atom is -0.395 e. The van der Waals surface area contributed by atoms with Crippen molar-refractivity contribution in [1.29, 1.82) is 0 Å². The van der Waals surface area contributed by atoms with E-state index in [1.807, 2.05) is 0 Å². The highest BCUT2D eigenvalue weighted by Crippen LogP contribution is 1.90. The van der Waals surface area contributed by atoms with E-state index in [2.05, 4.69) is 15.9 Å². The lowest BCUT2D eigenvalue weighted by molar-refractivity contribution is 0.254. The minimum atomic E-state index is -0.297. The summed E-state index contributed by atoms with van der Waals surface area (Å²) in [6, 6.07) is -0.436. The Kier molecular flexibility index (Phi) is 4.45. The van der Waals surface area contributed by atoms with Crippen LogP contribution >= 0.6 is 15.9 Å². The monoisotopic (exact) mass is 182 g/mol. The number of hydrogen-bond donors (Lipinski definition) is 3. The van der Waals surface area contributed by atoms with Crippen molar-refractivity contribution in [3.05, 3.63) is 0 Å². The van der Waals surface area contributed by atoms with Gasteiger partial charge in [0.2, 0.25) is 0 Å². The van der Waals surface area contributed by atoms with Gasteiger partial charge in [0.15, 0.2) is 0 Å². The van der Waals surface area contributed by atoms with Gasteiger partial charge < -0.3 is 16.6 Å². The number of nitrogens with two attached hydrogens (primary N) is 2. The van der Waals surface area contributed by atoms with E-state index in [9.17, 15) is 0 Å². The second-order valence-electron chi connectivity index (χ2n) is 1.66. The molecule has 0 aliphatic heterocycles. The Morgan fingerprint density at radius 2 is 1.88 bits per heavy atom. The van der Waals surface area contributed by atoms with Crippen LogP contribution in [-0.2, 0) is 0 Å². The molecule has 3 nitrogen and oxygen atoms in total. The van der Waals surface area contributed by atoms with Gasteiger partial charge >= 0.3 is 0 Å². The first kappa shape index (κ1) is 8.36. The molecule has 4 heteroatoms. The molecule has 0 heterocycles. The first-order valence-electron chi connectivity index (χ1n) is 2.40. The van der Waals surface area contributed by atoms with Crippen LogP contribution < -0.4 is 11.5 Å². The fourth-order valence-electron chi connectivity index (χ4n) is 0.250. The molecule has 0 fully saturated rings. The molecular weight excluding hydrogens is 172 g/mol. The highest BCUT2D eigenvalue weighted by atomic mass is 79.9. The van der Waals surface area contributed by atoms with Crippen LogP contribution in [-0.4, -0.2) is 29.1 Å². The van der Waals surface area contributed by atoms with E-state index >= 15 is 0 Å². The van der Waals surface area contributed by atoms with Gasteiger partial charge in [-0.25, -0.2) is 0 Å². The zero-order chi connectivity index (χ0) is 6.57. The molecule has 2 atom stereocenters. The van der Waals surface area contributed by atoms with E-state index < -0.39 is 0 Å². The Labute approximate surface area is 57.2 Å². The lowest BCUT2D eigenvalue weighted by Gasteiger charge is -2.13. The average Bonchev–Trinajstić information content (AvgIpc) is 1.84. The topological polar surface area (TPSA) is 72.3 Å². The fraction of sp³-hybridized carbons (Fsp3) is 1.00. The molecule has 0 amide bonds. The Morgan fingerprint density at radius 1 is 1.38 bits per heavy atom. The predicted octanol–water partition coefficient (Wildman–Crippen LogP) is -0.972. The van der Waals surface area contributed by atoms with E-state index in [1.165, 1.54) is 0 Å². The molecule has 0 aliphatic rings. The molecule has 0 aromatic rings. The van der Waals surface area contributed by atoms with Gasteiger partial charge in [0.25, 0.3) is 0 Å². The third-order valence-electron chi connectivity index (χ3n) is 0.939. The first-order valence-corrected chi connectivity index (χ1v) is 3.52. The number of rotatable bonds is 3. The second kappa shape index (κ2) is 4.26. The van der Waals surface area contributed by atoms with Gasteiger partial charge in [-0.2, -0.15) is 0 Å². The number of aliphatic hydroxyl groups is 1. The van der Waals surface area contributed by atoms with Gasteiger partial charge in [0.05, 0.1) is 6.61 Å². The minimum absolute atomic E-state index is 0.0488. The van der Waals surface area contributed by atoms with Crippen molar-refractivity contribution in [2.75, 3.05) is 11.9 Å². The summed E-state index contributed by atoms with van der Waals surface area (Å²) in [5, 5.41) is 9.04. The summed E-state index contributed by atoms with van der Waals surface area (Å²) in [4.78, 5) is 0. The van der Waals surface area contributed by atoms with Crippen molar-refractivity contribution in [3.8, 4) is 0 Å². The van der Waals surface area contributed by atoms with Crippen molar-refractivity contribution >= 4 is 15.9 Å². The molecule has 0 radical (unpaired) electrons. The summed E-state index contributed by atoms with van der Waals surface area (Å²) in [6.07, 6.45) is 0. The maximum absolute atomic E-state index is 8.41. The van der Waals surface area contributed by atoms with E-state index in [1.54, 1.807) is 0 Å². The third kappa shape index (κ3) is 2.61. The van der Waals surface area contributed by atoms with Crippen LogP contribution in [0.25, 0.3) is 0 Å². The largest absolute Gasteiger partial charge is 0.395 e. The molecule has 0 spiro atoms. The molecule has 0 saturated heterocycles. The summed E-state index contributed by atoms with van der Waals surface area (Å²) >= 11 is 3.14. The molecule has 5 N–H and O–H groups in total. The SMILES string of the molecule is NC(CO)C(N)CBr. The number of aliphatic hydroxyl groups excluding tert-OH is 1. The molecule has 2 unspecified atom stereocenters. The zero-order valence-electron chi connectivity index (χ0n) is 4.55. The van der Waals surface area contributed by atoms with Gasteiger partial charge in [-0.1, -0.05) is 15.9 Å². The van der Waals surface area contributed by atoms with Gasteiger partial charge in [-0.05, 0) is 0 Å². The maximum atomic E-state index is 8.41. The van der Waals surface area contributed by atoms with Crippen LogP contribution in [0.3, 0.4) is 0 Å². The number of hydrogen-bond acceptors (Lipinski definition) is 3. The standard InChI is InChI=1S/C4H11BrN2O/c5-1-3(6)4(7)2-8/h3-4,8H,1-2,6-7H2. The van der Waals surface area contributed by atoms with Crippen LogP contribution in [0.4, 0.5) is 0 Å². The number of alkyl halides is 1. The molecule has 0 aliphatic carbocycles. The van der Waals surface area contributed by atoms with Gasteiger partial charge in [-0.15, -0.1) is 0 Å². The Hall–Kier alpha value is 0.360. The molecule has 0 aromatic heterocycles. The molecule has 50 valence electrons. The van der Waals surface area contributed by atoms with Crippen molar-refractivity contribution in [1.82, 2.24) is 0 Å². The molecule has 0 saturated carbocycles. The zero-order valence-corrected chi connectivity index (χ0v) is 6.13. The summed E-state index contributed by atoms with van der Waals surface area (Å²) in [5.74, 6) is 0. The fourth-order valence-corrected chi connectivity index (χ4v) is 0.730. The average molecular weight is 183 g/mol. The molecule has 8 heavy (non-hydrogen) atoms. The lowest BCUT2D eigenvalue weighted by Crippen LogP contribution is -2.44. The van der Waals surface area contributed by atoms with Crippen LogP contribution in [0.5, 0.6) is 0 Å². The van der Waals surface area contributed by atoms with Gasteiger partial charge in [-0.3, -0.25) is 0 Å². The highest BCUT2D eigenvalue weighted by molar-refractivity contribution is 9.09. The maximum Gasteiger partial charge on any atom is 0.0598 e. The molecular formula is C4H11BrN2O. The van der Waals surface area contributed by atoms with Crippen molar-refractivity contribution in [2.24, 2.45) is 11.5 Å². The second-order valence-corrected chi connectivity index (χ2v) is 2.31. The first-order chi connectivity index (χ1) is 3.72. The van der Waals surface area contributed by atoms with E-state index in [0.717, 1.165) is 0 Å². The van der Waals surface area contributed by atoms with Gasteiger partial charge in [0, 0.05) is 17.4 Å². The Morgan fingerprint density at radius 3 is 2.00 bits per heavy atom.